The molecule has 0 saturated carbocycles. The van der Waals surface area contributed by atoms with Crippen molar-refractivity contribution in [3.63, 3.8) is 0 Å². The molecular weight excluding hydrogens is 286 g/mol. The van der Waals surface area contributed by atoms with E-state index in [1.165, 1.54) is 21.8 Å². The van der Waals surface area contributed by atoms with Gasteiger partial charge in [0.2, 0.25) is 0 Å². The molecule has 0 aliphatic carbocycles. The lowest BCUT2D eigenvalue weighted by molar-refractivity contribution is 0.311. The summed E-state index contributed by atoms with van der Waals surface area (Å²) in [6.07, 6.45) is 0. The Labute approximate surface area is 129 Å². The molecule has 0 saturated heterocycles. The Kier molecular flexibility index (Phi) is 4.35. The first kappa shape index (κ1) is 14.0. The number of likely N-dealkylation sites (N-methyl/N-ethyl adjacent to an activating group) is 1. The van der Waals surface area contributed by atoms with Crippen molar-refractivity contribution in [1.82, 2.24) is 4.90 Å². The van der Waals surface area contributed by atoms with E-state index in [0.717, 1.165) is 18.1 Å². The van der Waals surface area contributed by atoms with Crippen molar-refractivity contribution in [2.45, 2.75) is 17.4 Å². The van der Waals surface area contributed by atoms with Gasteiger partial charge in [-0.15, -0.1) is 11.8 Å². The van der Waals surface area contributed by atoms with Crippen molar-refractivity contribution in [2.24, 2.45) is 0 Å². The van der Waals surface area contributed by atoms with Gasteiger partial charge in [-0.25, -0.2) is 0 Å². The number of nitrogens with zero attached hydrogens (tertiary/aromatic N) is 1. The van der Waals surface area contributed by atoms with E-state index in [-0.39, 0.29) is 0 Å². The van der Waals surface area contributed by atoms with E-state index in [0.29, 0.717) is 5.92 Å². The molecule has 1 aliphatic heterocycles. The number of hydrogen-bond acceptors (Lipinski definition) is 2. The molecule has 0 fully saturated rings. The van der Waals surface area contributed by atoms with Crippen LogP contribution in [0, 0.1) is 0 Å². The fraction of sp³-hybridized carbons (Fsp3) is 0.294. The third kappa shape index (κ3) is 3.03. The minimum absolute atomic E-state index is 0.628. The zero-order chi connectivity index (χ0) is 13.9. The summed E-state index contributed by atoms with van der Waals surface area (Å²) in [7, 11) is 2.18. The van der Waals surface area contributed by atoms with E-state index in [2.05, 4.69) is 48.3 Å². The van der Waals surface area contributed by atoms with E-state index >= 15 is 0 Å². The molecule has 1 nitrogen and oxygen atoms in total. The normalized spacial score (nSPS) is 17.4. The van der Waals surface area contributed by atoms with Crippen LogP contribution >= 0.6 is 23.4 Å². The second kappa shape index (κ2) is 6.21. The van der Waals surface area contributed by atoms with Crippen LogP contribution < -0.4 is 0 Å². The van der Waals surface area contributed by atoms with Crippen LogP contribution in [0.25, 0.3) is 0 Å². The van der Waals surface area contributed by atoms with Gasteiger partial charge in [0.05, 0.1) is 0 Å². The molecule has 20 heavy (non-hydrogen) atoms. The molecule has 1 unspecified atom stereocenters. The van der Waals surface area contributed by atoms with Crippen LogP contribution in [0.1, 0.15) is 17.0 Å². The number of hydrogen-bond donors (Lipinski definition) is 0. The highest BCUT2D eigenvalue weighted by Gasteiger charge is 2.23. The van der Waals surface area contributed by atoms with Crippen LogP contribution in [-0.4, -0.2) is 24.2 Å². The Morgan fingerprint density at radius 1 is 1.15 bits per heavy atom. The lowest BCUT2D eigenvalue weighted by Gasteiger charge is -2.21. The molecule has 1 heterocycles. The quantitative estimate of drug-likeness (QED) is 0.808. The summed E-state index contributed by atoms with van der Waals surface area (Å²) in [6, 6.07) is 16.9. The van der Waals surface area contributed by atoms with Gasteiger partial charge in [0.1, 0.15) is 0 Å². The van der Waals surface area contributed by atoms with Gasteiger partial charge in [0.25, 0.3) is 0 Å². The van der Waals surface area contributed by atoms with Crippen LogP contribution in [0.3, 0.4) is 0 Å². The number of thioether (sulfide) groups is 1. The van der Waals surface area contributed by atoms with Crippen LogP contribution in [0.15, 0.2) is 53.4 Å². The Balaban J connectivity index is 1.66. The van der Waals surface area contributed by atoms with E-state index in [1.54, 1.807) is 0 Å². The lowest BCUT2D eigenvalue weighted by Crippen LogP contribution is -2.24. The summed E-state index contributed by atoms with van der Waals surface area (Å²) in [5.41, 5.74) is 2.71. The molecule has 0 N–H and O–H groups in total. The van der Waals surface area contributed by atoms with E-state index < -0.39 is 0 Å². The fourth-order valence-corrected chi connectivity index (χ4v) is 4.18. The first-order valence-corrected chi connectivity index (χ1v) is 8.24. The highest BCUT2D eigenvalue weighted by Crippen LogP contribution is 2.39. The molecule has 1 atom stereocenters. The van der Waals surface area contributed by atoms with Gasteiger partial charge in [-0.2, -0.15) is 0 Å². The van der Waals surface area contributed by atoms with Crippen LogP contribution in [0.4, 0.5) is 0 Å². The Hall–Kier alpha value is -0.960. The van der Waals surface area contributed by atoms with Crippen LogP contribution in [0.5, 0.6) is 0 Å². The van der Waals surface area contributed by atoms with Crippen molar-refractivity contribution in [3.05, 3.63) is 64.7 Å². The molecule has 0 spiro atoms. The summed E-state index contributed by atoms with van der Waals surface area (Å²) < 4.78 is 0. The summed E-state index contributed by atoms with van der Waals surface area (Å²) in [6.45, 7) is 1.98. The molecule has 0 radical (unpaired) electrons. The highest BCUT2D eigenvalue weighted by molar-refractivity contribution is 7.99. The molecular formula is C17H18ClNS. The second-order valence-corrected chi connectivity index (χ2v) is 6.80. The van der Waals surface area contributed by atoms with Gasteiger partial charge < -0.3 is 4.90 Å². The van der Waals surface area contributed by atoms with Crippen molar-refractivity contribution in [1.29, 1.82) is 0 Å². The lowest BCUT2D eigenvalue weighted by atomic mass is 10.0. The summed E-state index contributed by atoms with van der Waals surface area (Å²) >= 11 is 8.21. The van der Waals surface area contributed by atoms with Gasteiger partial charge >= 0.3 is 0 Å². The van der Waals surface area contributed by atoms with Crippen molar-refractivity contribution < 1.29 is 0 Å². The Bertz CT molecular complexity index is 599. The zero-order valence-corrected chi connectivity index (χ0v) is 13.1. The monoisotopic (exact) mass is 303 g/mol. The highest BCUT2D eigenvalue weighted by atomic mass is 35.5. The average Bonchev–Trinajstić information content (AvgIpc) is 2.85. The maximum absolute atomic E-state index is 6.24. The largest absolute Gasteiger partial charge is 0.301 e. The van der Waals surface area contributed by atoms with Gasteiger partial charge in [-0.05, 0) is 30.3 Å². The third-order valence-electron chi connectivity index (χ3n) is 3.73. The number of fused-ring (bicyclic) bond motifs is 1. The summed E-state index contributed by atoms with van der Waals surface area (Å²) in [5, 5.41) is 0.862. The minimum atomic E-state index is 0.628. The van der Waals surface area contributed by atoms with E-state index in [1.807, 2.05) is 23.9 Å². The molecule has 0 bridgehead atoms. The van der Waals surface area contributed by atoms with Crippen molar-refractivity contribution in [2.75, 3.05) is 19.3 Å². The van der Waals surface area contributed by atoms with Gasteiger partial charge in [-0.1, -0.05) is 48.0 Å². The Morgan fingerprint density at radius 2 is 1.90 bits per heavy atom. The SMILES string of the molecule is CN(Cc1ccccc1Cl)CC1CSc2ccccc21. The van der Waals surface area contributed by atoms with Crippen LogP contribution in [0.2, 0.25) is 5.02 Å². The van der Waals surface area contributed by atoms with Crippen molar-refractivity contribution >= 4 is 23.4 Å². The first-order valence-electron chi connectivity index (χ1n) is 6.87. The molecule has 0 aromatic heterocycles. The average molecular weight is 304 g/mol. The maximum atomic E-state index is 6.24. The minimum Gasteiger partial charge on any atom is -0.301 e. The predicted molar refractivity (Wildman–Crippen MR) is 87.7 cm³/mol. The van der Waals surface area contributed by atoms with E-state index in [4.69, 9.17) is 11.6 Å². The smallest absolute Gasteiger partial charge is 0.0451 e. The number of benzene rings is 2. The summed E-state index contributed by atoms with van der Waals surface area (Å²) in [4.78, 5) is 3.82. The van der Waals surface area contributed by atoms with Crippen LogP contribution in [-0.2, 0) is 6.54 Å². The number of rotatable bonds is 4. The molecule has 0 amide bonds. The van der Waals surface area contributed by atoms with Crippen molar-refractivity contribution in [3.8, 4) is 0 Å². The topological polar surface area (TPSA) is 3.24 Å². The molecule has 2 aromatic rings. The molecule has 2 aromatic carbocycles. The standard InChI is InChI=1S/C17H18ClNS/c1-19(10-13-6-2-4-8-16(13)18)11-14-12-20-17-9-5-3-7-15(14)17/h2-9,14H,10-12H2,1H3. The molecule has 3 rings (SSSR count). The van der Waals surface area contributed by atoms with E-state index in [9.17, 15) is 0 Å². The number of halogens is 1. The Morgan fingerprint density at radius 3 is 2.75 bits per heavy atom. The molecule has 1 aliphatic rings. The first-order chi connectivity index (χ1) is 9.74. The predicted octanol–water partition coefficient (Wildman–Crippen LogP) is 4.66. The second-order valence-electron chi connectivity index (χ2n) is 5.33. The summed E-state index contributed by atoms with van der Waals surface area (Å²) in [5.74, 6) is 1.82. The maximum Gasteiger partial charge on any atom is 0.0451 e. The van der Waals surface area contributed by atoms with Gasteiger partial charge in [-0.3, -0.25) is 0 Å². The molecule has 3 heteroatoms. The van der Waals surface area contributed by atoms with Gasteiger partial charge in [0.15, 0.2) is 0 Å². The zero-order valence-electron chi connectivity index (χ0n) is 11.6. The third-order valence-corrected chi connectivity index (χ3v) is 5.35. The molecule has 104 valence electrons. The van der Waals surface area contributed by atoms with Gasteiger partial charge in [0, 0.05) is 34.7 Å². The fourth-order valence-electron chi connectivity index (χ4n) is 2.74.